The van der Waals surface area contributed by atoms with Gasteiger partial charge in [0, 0.05) is 12.6 Å². The second-order valence-electron chi connectivity index (χ2n) is 8.16. The van der Waals surface area contributed by atoms with Crippen molar-refractivity contribution in [3.05, 3.63) is 50.8 Å². The molecule has 1 aromatic carbocycles. The summed E-state index contributed by atoms with van der Waals surface area (Å²) in [5.74, 6) is 0.395. The molecular weight excluding hydrogens is 329 g/mol. The van der Waals surface area contributed by atoms with Gasteiger partial charge in [-0.15, -0.1) is 0 Å². The average molecular weight is 354 g/mol. The van der Waals surface area contributed by atoms with Crippen LogP contribution in [0.3, 0.4) is 0 Å². The number of H-pyrrole nitrogens is 1. The molecule has 2 rings (SSSR count). The molecule has 0 atom stereocenters. The van der Waals surface area contributed by atoms with Gasteiger partial charge >= 0.3 is 0 Å². The van der Waals surface area contributed by atoms with Crippen molar-refractivity contribution in [2.75, 3.05) is 0 Å². The third-order valence-electron chi connectivity index (χ3n) is 4.03. The minimum Gasteiger partial charge on any atom is -0.507 e. The van der Waals surface area contributed by atoms with Crippen molar-refractivity contribution in [1.82, 2.24) is 4.98 Å². The highest BCUT2D eigenvalue weighted by Gasteiger charge is 2.26. The summed E-state index contributed by atoms with van der Waals surface area (Å²) in [5, 5.41) is 11.8. The number of aromatic nitrogens is 1. The zero-order valence-corrected chi connectivity index (χ0v) is 16.2. The van der Waals surface area contributed by atoms with E-state index in [1.165, 1.54) is 0 Å². The van der Waals surface area contributed by atoms with Gasteiger partial charge in [0.15, 0.2) is 0 Å². The summed E-state index contributed by atoms with van der Waals surface area (Å²) >= 11 is 12.2. The molecule has 126 valence electrons. The van der Waals surface area contributed by atoms with Gasteiger partial charge < -0.3 is 10.1 Å². The van der Waals surface area contributed by atoms with Crippen LogP contribution in [0, 0.1) is 0 Å². The maximum Gasteiger partial charge on any atom is 0.125 e. The maximum absolute atomic E-state index is 10.8. The fourth-order valence-corrected chi connectivity index (χ4v) is 3.06. The predicted octanol–water partition coefficient (Wildman–Crippen LogP) is 6.21. The summed E-state index contributed by atoms with van der Waals surface area (Å²) in [4.78, 5) is 2.94. The van der Waals surface area contributed by atoms with Gasteiger partial charge in [-0.3, -0.25) is 0 Å². The number of aromatic amines is 1. The zero-order valence-electron chi connectivity index (χ0n) is 14.6. The van der Waals surface area contributed by atoms with E-state index >= 15 is 0 Å². The van der Waals surface area contributed by atoms with Crippen molar-refractivity contribution in [3.8, 4) is 5.75 Å². The molecule has 0 bridgehead atoms. The third-order valence-corrected chi connectivity index (χ3v) is 4.85. The first-order valence-electron chi connectivity index (χ1n) is 7.79. The van der Waals surface area contributed by atoms with Gasteiger partial charge in [0.25, 0.3) is 0 Å². The van der Waals surface area contributed by atoms with E-state index in [0.29, 0.717) is 22.3 Å². The van der Waals surface area contributed by atoms with E-state index in [2.05, 4.69) is 58.7 Å². The molecule has 0 saturated heterocycles. The normalized spacial score (nSPS) is 12.7. The van der Waals surface area contributed by atoms with Gasteiger partial charge in [-0.1, -0.05) is 76.9 Å². The van der Waals surface area contributed by atoms with E-state index in [0.717, 1.165) is 22.3 Å². The summed E-state index contributed by atoms with van der Waals surface area (Å²) in [7, 11) is 0. The molecule has 1 heterocycles. The van der Waals surface area contributed by atoms with Crippen LogP contribution < -0.4 is 0 Å². The Morgan fingerprint density at radius 2 is 1.43 bits per heavy atom. The number of benzene rings is 1. The van der Waals surface area contributed by atoms with Crippen LogP contribution in [-0.4, -0.2) is 10.1 Å². The van der Waals surface area contributed by atoms with E-state index in [1.807, 2.05) is 6.20 Å². The lowest BCUT2D eigenvalue weighted by atomic mass is 9.78. The quantitative estimate of drug-likeness (QED) is 0.660. The van der Waals surface area contributed by atoms with Crippen molar-refractivity contribution >= 4 is 23.2 Å². The Bertz CT molecular complexity index is 683. The molecule has 0 aliphatic carbocycles. The topological polar surface area (TPSA) is 36.0 Å². The number of rotatable bonds is 2. The Labute approximate surface area is 148 Å². The highest BCUT2D eigenvalue weighted by Crippen LogP contribution is 2.40. The first-order chi connectivity index (χ1) is 10.4. The van der Waals surface area contributed by atoms with Crippen molar-refractivity contribution in [3.63, 3.8) is 0 Å². The van der Waals surface area contributed by atoms with Crippen LogP contribution in [0.5, 0.6) is 5.75 Å². The molecule has 0 aliphatic rings. The summed E-state index contributed by atoms with van der Waals surface area (Å²) in [6.45, 7) is 12.7. The molecule has 4 heteroatoms. The number of aromatic hydroxyl groups is 1. The molecule has 0 fully saturated rings. The molecule has 2 N–H and O–H groups in total. The van der Waals surface area contributed by atoms with Crippen LogP contribution in [0.1, 0.15) is 63.8 Å². The predicted molar refractivity (Wildman–Crippen MR) is 99.1 cm³/mol. The van der Waals surface area contributed by atoms with Gasteiger partial charge in [0.05, 0.1) is 5.02 Å². The van der Waals surface area contributed by atoms with Gasteiger partial charge in [-0.05, 0) is 33.1 Å². The molecule has 1 aromatic heterocycles. The first kappa shape index (κ1) is 18.2. The second kappa shape index (κ2) is 6.07. The number of hydrogen-bond acceptors (Lipinski definition) is 1. The Morgan fingerprint density at radius 1 is 0.957 bits per heavy atom. The molecule has 2 aromatic rings. The highest BCUT2D eigenvalue weighted by atomic mass is 35.5. The summed E-state index contributed by atoms with van der Waals surface area (Å²) in [5.41, 5.74) is 3.71. The fraction of sp³-hybridized carbons (Fsp3) is 0.474. The Kier molecular flexibility index (Phi) is 4.81. The Morgan fingerprint density at radius 3 is 1.78 bits per heavy atom. The van der Waals surface area contributed by atoms with E-state index in [-0.39, 0.29) is 10.8 Å². The monoisotopic (exact) mass is 353 g/mol. The zero-order chi connectivity index (χ0) is 17.6. The minimum atomic E-state index is -0.139. The summed E-state index contributed by atoms with van der Waals surface area (Å²) in [6, 6.07) is 4.14. The van der Waals surface area contributed by atoms with Crippen molar-refractivity contribution in [2.45, 2.75) is 58.8 Å². The summed E-state index contributed by atoms with van der Waals surface area (Å²) < 4.78 is 0. The molecule has 0 aliphatic heterocycles. The molecular formula is C19H25Cl2NO. The lowest BCUT2D eigenvalue weighted by Crippen LogP contribution is -2.18. The van der Waals surface area contributed by atoms with Crippen LogP contribution in [0.4, 0.5) is 0 Å². The van der Waals surface area contributed by atoms with E-state index in [9.17, 15) is 5.11 Å². The standard InChI is InChI=1S/C19H25Cl2NO/c1-18(2,3)13-8-11(7-12-10-22-17(21)15(12)20)9-14(16(13)23)19(4,5)6/h8-10,22-23H,7H2,1-6H3. The van der Waals surface area contributed by atoms with Crippen molar-refractivity contribution in [1.29, 1.82) is 0 Å². The average Bonchev–Trinajstić information content (AvgIpc) is 2.70. The molecule has 23 heavy (non-hydrogen) atoms. The number of phenolic OH excluding ortho intramolecular Hbond substituents is 1. The van der Waals surface area contributed by atoms with Crippen molar-refractivity contribution < 1.29 is 5.11 Å². The minimum absolute atomic E-state index is 0.139. The van der Waals surface area contributed by atoms with Crippen LogP contribution in [0.2, 0.25) is 10.2 Å². The Hall–Kier alpha value is -1.12. The second-order valence-corrected chi connectivity index (χ2v) is 8.91. The molecule has 0 radical (unpaired) electrons. The van der Waals surface area contributed by atoms with Crippen LogP contribution >= 0.6 is 23.2 Å². The van der Waals surface area contributed by atoms with Gasteiger partial charge in [0.2, 0.25) is 0 Å². The number of nitrogens with one attached hydrogen (secondary N) is 1. The van der Waals surface area contributed by atoms with Gasteiger partial charge in [0.1, 0.15) is 10.9 Å². The van der Waals surface area contributed by atoms with E-state index in [1.54, 1.807) is 0 Å². The van der Waals surface area contributed by atoms with E-state index in [4.69, 9.17) is 23.2 Å². The van der Waals surface area contributed by atoms with E-state index < -0.39 is 0 Å². The maximum atomic E-state index is 10.8. The lowest BCUT2D eigenvalue weighted by molar-refractivity contribution is 0.423. The Balaban J connectivity index is 2.58. The fourth-order valence-electron chi connectivity index (χ4n) is 2.71. The lowest BCUT2D eigenvalue weighted by Gasteiger charge is -2.28. The number of halogens is 2. The van der Waals surface area contributed by atoms with Gasteiger partial charge in [-0.25, -0.2) is 0 Å². The molecule has 2 nitrogen and oxygen atoms in total. The van der Waals surface area contributed by atoms with Crippen LogP contribution in [0.25, 0.3) is 0 Å². The van der Waals surface area contributed by atoms with Crippen molar-refractivity contribution in [2.24, 2.45) is 0 Å². The third kappa shape index (κ3) is 3.87. The van der Waals surface area contributed by atoms with Gasteiger partial charge in [-0.2, -0.15) is 0 Å². The molecule has 0 saturated carbocycles. The smallest absolute Gasteiger partial charge is 0.125 e. The highest BCUT2D eigenvalue weighted by molar-refractivity contribution is 6.41. The molecule has 0 unspecified atom stereocenters. The first-order valence-corrected chi connectivity index (χ1v) is 8.55. The van der Waals surface area contributed by atoms with Crippen LogP contribution in [-0.2, 0) is 17.3 Å². The van der Waals surface area contributed by atoms with Crippen LogP contribution in [0.15, 0.2) is 18.3 Å². The summed E-state index contributed by atoms with van der Waals surface area (Å²) in [6.07, 6.45) is 2.51. The molecule has 0 amide bonds. The number of phenols is 1. The SMILES string of the molecule is CC(C)(C)c1cc(Cc2c[nH]c(Cl)c2Cl)cc(C(C)(C)C)c1O. The molecule has 0 spiro atoms. The number of hydrogen-bond donors (Lipinski definition) is 2. The largest absolute Gasteiger partial charge is 0.507 e.